The number of quaternary nitrogens is 1. The van der Waals surface area contributed by atoms with Crippen LogP contribution in [0.1, 0.15) is 613 Å². The van der Waals surface area contributed by atoms with Crippen LogP contribution in [0.5, 0.6) is 0 Å². The summed E-state index contributed by atoms with van der Waals surface area (Å²) in [6.07, 6.45) is 132. The van der Waals surface area contributed by atoms with Crippen LogP contribution >= 0.6 is 0 Å². The third-order valence-corrected chi connectivity index (χ3v) is 25.6. The maximum Gasteiger partial charge on any atom is 0.0992 e. The van der Waals surface area contributed by atoms with Gasteiger partial charge in [-0.3, -0.25) is 0 Å². The Labute approximate surface area is 651 Å². The van der Waals surface area contributed by atoms with Crippen LogP contribution in [0.2, 0.25) is 0 Å². The zero-order valence-corrected chi connectivity index (χ0v) is 73.3. The minimum absolute atomic E-state index is 0. The van der Waals surface area contributed by atoms with Crippen molar-refractivity contribution < 1.29 is 16.9 Å². The fraction of sp³-hybridized carbons (Fsp3) is 1.00. The molecule has 1 nitrogen and oxygen atoms in total. The lowest BCUT2D eigenvalue weighted by Gasteiger charge is -2.57. The Morgan fingerprint density at radius 3 is 0.426 bits per heavy atom. The van der Waals surface area contributed by atoms with Crippen molar-refractivity contribution in [3.8, 4) is 0 Å². The van der Waals surface area contributed by atoms with Gasteiger partial charge < -0.3 is 16.9 Å². The van der Waals surface area contributed by atoms with Gasteiger partial charge in [-0.1, -0.05) is 536 Å². The topological polar surface area (TPSA) is 0 Å². The molecule has 610 valence electrons. The summed E-state index contributed by atoms with van der Waals surface area (Å²) in [5.74, 6) is 0. The number of hydrogen-bond acceptors (Lipinski definition) is 0. The summed E-state index contributed by atoms with van der Waals surface area (Å²) < 4.78 is 1.47. The maximum absolute atomic E-state index is 3.03. The Morgan fingerprint density at radius 2 is 0.277 bits per heavy atom. The van der Waals surface area contributed by atoms with Gasteiger partial charge in [-0.05, 0) is 57.8 Å². The molecular weight excluding hydrogens is 1240 g/mol. The van der Waals surface area contributed by atoms with Crippen LogP contribution in [0.3, 0.4) is 0 Å². The number of nitrogens with zero attached hydrogens (tertiary/aromatic N) is 1. The molecule has 0 saturated heterocycles. The second kappa shape index (κ2) is 89.1. The zero-order valence-electron chi connectivity index (χ0n) is 72.5. The molecule has 0 spiro atoms. The summed E-state index contributed by atoms with van der Waals surface area (Å²) in [6, 6.07) is 0.849. The van der Waals surface area contributed by atoms with Crippen LogP contribution in [-0.2, 0) is 0 Å². The Morgan fingerprint density at radius 1 is 0.158 bits per heavy atom. The van der Waals surface area contributed by atoms with Gasteiger partial charge in [-0.2, -0.15) is 0 Å². The van der Waals surface area contributed by atoms with Crippen molar-refractivity contribution in [3.63, 3.8) is 0 Å². The fourth-order valence-corrected chi connectivity index (χ4v) is 18.4. The van der Waals surface area contributed by atoms with Gasteiger partial charge in [-0.15, -0.1) is 0 Å². The Balaban J connectivity index is 0. The monoisotopic (exact) mass is 1440 g/mol. The molecule has 0 aromatic heterocycles. The van der Waals surface area contributed by atoms with Gasteiger partial charge in [-0.25, -0.2) is 0 Å². The molecule has 1 unspecified atom stereocenters. The second-order valence-corrected chi connectivity index (χ2v) is 35.3. The van der Waals surface area contributed by atoms with Crippen molar-refractivity contribution in [2.24, 2.45) is 0 Å². The first-order valence-corrected chi connectivity index (χ1v) is 49.4. The van der Waals surface area contributed by atoms with E-state index in [4.69, 9.17) is 0 Å². The smallest absolute Gasteiger partial charge is 0.0992 e. The zero-order chi connectivity index (χ0) is 72.2. The molecule has 0 bridgehead atoms. The standard InChI is InChI=1S/C99H202N.ClH/c1-8-14-20-26-32-38-44-50-56-62-68-74-80-86-92-98(93-87-81-75-69-63-57-51-45-39-33-27-21-15-9-2)100(7,97-91-85-79-73-67-61-55-49-43-37-31-25-19-13-6)99(94-88-82-76-70-64-58-52-46-40-34-28-22-16-10-3,95-89-83-77-71-65-59-53-47-41-35-29-23-17-11-4)96-90-84-78-72-66-60-54-48-42-36-30-24-18-12-5;/h98H,8-97H2,1-7H3;1H/q+1;/p-1. The van der Waals surface area contributed by atoms with E-state index < -0.39 is 0 Å². The summed E-state index contributed by atoms with van der Waals surface area (Å²) in [7, 11) is 3.03. The molecule has 2 heteroatoms. The molecule has 0 radical (unpaired) electrons. The highest BCUT2D eigenvalue weighted by Crippen LogP contribution is 2.44. The second-order valence-electron chi connectivity index (χ2n) is 35.3. The van der Waals surface area contributed by atoms with Crippen LogP contribution in [-0.4, -0.2) is 29.7 Å². The van der Waals surface area contributed by atoms with Crippen LogP contribution in [0.4, 0.5) is 0 Å². The van der Waals surface area contributed by atoms with E-state index in [1.54, 1.807) is 0 Å². The first-order chi connectivity index (χ1) is 49.5. The molecule has 0 fully saturated rings. The number of halogens is 1. The summed E-state index contributed by atoms with van der Waals surface area (Å²) >= 11 is 0. The minimum Gasteiger partial charge on any atom is -1.00 e. The predicted molar refractivity (Wildman–Crippen MR) is 463 cm³/mol. The van der Waals surface area contributed by atoms with E-state index in [9.17, 15) is 0 Å². The van der Waals surface area contributed by atoms with Crippen molar-refractivity contribution in [1.82, 2.24) is 0 Å². The highest BCUT2D eigenvalue weighted by atomic mass is 35.5. The third kappa shape index (κ3) is 72.9. The SMILES string of the molecule is CCCCCCCCCCCCCCCCC(CCCCCCCCCCCCCCCC)[N+](C)(CCCCCCCCCCCCCCCC)C(CCCCCCCCCCCCCCCC)(CCCCCCCCCCCCCCCC)CCCCCCCCCCCCCCCC.[Cl-]. The van der Waals surface area contributed by atoms with Crippen molar-refractivity contribution in [2.45, 2.75) is 625 Å². The summed E-state index contributed by atoms with van der Waals surface area (Å²) in [4.78, 5) is 0. The van der Waals surface area contributed by atoms with Crippen LogP contribution in [0.15, 0.2) is 0 Å². The molecular formula is C99H202ClN. The van der Waals surface area contributed by atoms with Crippen molar-refractivity contribution >= 4 is 0 Å². The lowest BCUT2D eigenvalue weighted by Crippen LogP contribution is -3.00. The third-order valence-electron chi connectivity index (χ3n) is 25.6. The molecule has 0 heterocycles. The summed E-state index contributed by atoms with van der Waals surface area (Å²) in [5.41, 5.74) is 0.443. The Bertz CT molecular complexity index is 1310. The van der Waals surface area contributed by atoms with Crippen molar-refractivity contribution in [2.75, 3.05) is 13.6 Å². The van der Waals surface area contributed by atoms with Gasteiger partial charge in [0.1, 0.15) is 0 Å². The van der Waals surface area contributed by atoms with Gasteiger partial charge in [0.2, 0.25) is 0 Å². The first-order valence-electron chi connectivity index (χ1n) is 49.4. The van der Waals surface area contributed by atoms with E-state index >= 15 is 0 Å². The molecule has 0 aromatic rings. The highest BCUT2D eigenvalue weighted by molar-refractivity contribution is 4.86. The van der Waals surface area contributed by atoms with Gasteiger partial charge in [0.05, 0.1) is 25.2 Å². The van der Waals surface area contributed by atoms with Crippen LogP contribution in [0, 0.1) is 0 Å². The van der Waals surface area contributed by atoms with Crippen LogP contribution in [0.25, 0.3) is 0 Å². The number of rotatable bonds is 92. The van der Waals surface area contributed by atoms with Gasteiger partial charge in [0.15, 0.2) is 0 Å². The first kappa shape index (κ1) is 103. The van der Waals surface area contributed by atoms with E-state index in [0.29, 0.717) is 5.54 Å². The normalized spacial score (nSPS) is 12.6. The number of unbranched alkanes of at least 4 members (excludes halogenated alkanes) is 78. The lowest BCUT2D eigenvalue weighted by atomic mass is 9.75. The molecule has 0 amide bonds. The maximum atomic E-state index is 3.03. The molecule has 101 heavy (non-hydrogen) atoms. The Kier molecular flexibility index (Phi) is 91.2. The van der Waals surface area contributed by atoms with Crippen molar-refractivity contribution in [3.05, 3.63) is 0 Å². The van der Waals surface area contributed by atoms with E-state index in [1.165, 1.54) is 582 Å². The van der Waals surface area contributed by atoms with Gasteiger partial charge >= 0.3 is 0 Å². The van der Waals surface area contributed by atoms with Gasteiger partial charge in [0.25, 0.3) is 0 Å². The summed E-state index contributed by atoms with van der Waals surface area (Å²) in [6.45, 7) is 15.6. The summed E-state index contributed by atoms with van der Waals surface area (Å²) in [5, 5.41) is 0. The van der Waals surface area contributed by atoms with Crippen molar-refractivity contribution in [1.29, 1.82) is 0 Å². The molecule has 0 rings (SSSR count). The average Bonchev–Trinajstić information content (AvgIpc) is 0.763. The van der Waals surface area contributed by atoms with E-state index in [0.717, 1.165) is 6.04 Å². The minimum atomic E-state index is 0. The largest absolute Gasteiger partial charge is 1.00 e. The average molecular weight is 1440 g/mol. The predicted octanol–water partition coefficient (Wildman–Crippen LogP) is 34.4. The van der Waals surface area contributed by atoms with E-state index in [2.05, 4.69) is 48.6 Å². The Hall–Kier alpha value is 0.250. The number of hydrogen-bond donors (Lipinski definition) is 0. The molecule has 0 aliphatic carbocycles. The van der Waals surface area contributed by atoms with Crippen LogP contribution < -0.4 is 12.4 Å². The molecule has 0 saturated carbocycles. The van der Waals surface area contributed by atoms with E-state index in [1.807, 2.05) is 0 Å². The van der Waals surface area contributed by atoms with E-state index in [-0.39, 0.29) is 12.4 Å². The molecule has 0 aromatic carbocycles. The quantitative estimate of drug-likeness (QED) is 0.0421. The molecule has 0 aliphatic heterocycles. The lowest BCUT2D eigenvalue weighted by molar-refractivity contribution is -0.983. The molecule has 0 aliphatic rings. The fourth-order valence-electron chi connectivity index (χ4n) is 18.4. The van der Waals surface area contributed by atoms with Gasteiger partial charge in [0, 0.05) is 19.3 Å². The molecule has 1 atom stereocenters. The molecule has 0 N–H and O–H groups in total. The highest BCUT2D eigenvalue weighted by Gasteiger charge is 2.50.